The van der Waals surface area contributed by atoms with Crippen LogP contribution in [-0.2, 0) is 13.0 Å². The largest absolute Gasteiger partial charge is 0.464 e. The summed E-state index contributed by atoms with van der Waals surface area (Å²) in [6.45, 7) is 6.24. The van der Waals surface area contributed by atoms with Gasteiger partial charge in [0.25, 0.3) is 0 Å². The number of hydrogen-bond acceptors (Lipinski definition) is 2. The molecule has 0 saturated heterocycles. The summed E-state index contributed by atoms with van der Waals surface area (Å²) in [5.41, 5.74) is 2.72. The van der Waals surface area contributed by atoms with E-state index in [0.29, 0.717) is 5.92 Å². The molecule has 2 atom stereocenters. The predicted octanol–water partition coefficient (Wildman–Crippen LogP) is 4.04. The summed E-state index contributed by atoms with van der Waals surface area (Å²) in [6, 6.07) is 13.0. The third kappa shape index (κ3) is 3.31. The van der Waals surface area contributed by atoms with E-state index in [1.54, 1.807) is 0 Å². The Kier molecular flexibility index (Phi) is 3.93. The van der Waals surface area contributed by atoms with Crippen LogP contribution in [0, 0.1) is 12.8 Å². The molecule has 0 bridgehead atoms. The monoisotopic (exact) mass is 269 g/mol. The van der Waals surface area contributed by atoms with Crippen LogP contribution in [0.5, 0.6) is 0 Å². The minimum absolute atomic E-state index is 0.677. The lowest BCUT2D eigenvalue weighted by Crippen LogP contribution is -2.16. The summed E-state index contributed by atoms with van der Waals surface area (Å²) in [5, 5.41) is 3.46. The molecule has 1 aliphatic rings. The number of rotatable bonds is 6. The number of hydrogen-bond donors (Lipinski definition) is 1. The molecule has 1 aromatic heterocycles. The SMILES string of the molecule is Cc1cccc(CCNCc2ccc(C3CC3C)o2)c1. The van der Waals surface area contributed by atoms with Crippen molar-refractivity contribution in [3.63, 3.8) is 0 Å². The van der Waals surface area contributed by atoms with Crippen molar-refractivity contribution in [3.8, 4) is 0 Å². The van der Waals surface area contributed by atoms with Gasteiger partial charge in [-0.1, -0.05) is 36.8 Å². The Labute approximate surface area is 121 Å². The van der Waals surface area contributed by atoms with Crippen molar-refractivity contribution in [2.24, 2.45) is 5.92 Å². The van der Waals surface area contributed by atoms with Crippen molar-refractivity contribution in [2.75, 3.05) is 6.54 Å². The van der Waals surface area contributed by atoms with Crippen LogP contribution in [0.15, 0.2) is 40.8 Å². The Morgan fingerprint density at radius 3 is 2.85 bits per heavy atom. The summed E-state index contributed by atoms with van der Waals surface area (Å²) in [6.07, 6.45) is 2.35. The zero-order chi connectivity index (χ0) is 13.9. The first-order chi connectivity index (χ1) is 9.72. The summed E-state index contributed by atoms with van der Waals surface area (Å²) in [5.74, 6) is 3.72. The van der Waals surface area contributed by atoms with Gasteiger partial charge in [0.15, 0.2) is 0 Å². The fourth-order valence-corrected chi connectivity index (χ4v) is 2.72. The van der Waals surface area contributed by atoms with Gasteiger partial charge in [0, 0.05) is 5.92 Å². The molecule has 1 heterocycles. The van der Waals surface area contributed by atoms with Gasteiger partial charge in [-0.05, 0) is 49.9 Å². The number of benzene rings is 1. The molecule has 2 aromatic rings. The quantitative estimate of drug-likeness (QED) is 0.801. The topological polar surface area (TPSA) is 25.2 Å². The van der Waals surface area contributed by atoms with Crippen LogP contribution >= 0.6 is 0 Å². The number of nitrogens with one attached hydrogen (secondary N) is 1. The second-order valence-corrected chi connectivity index (χ2v) is 6.04. The molecule has 0 amide bonds. The van der Waals surface area contributed by atoms with Gasteiger partial charge in [-0.25, -0.2) is 0 Å². The smallest absolute Gasteiger partial charge is 0.117 e. The summed E-state index contributed by atoms with van der Waals surface area (Å²) in [7, 11) is 0. The van der Waals surface area contributed by atoms with E-state index < -0.39 is 0 Å². The molecule has 1 saturated carbocycles. The molecule has 0 radical (unpaired) electrons. The molecule has 0 aliphatic heterocycles. The van der Waals surface area contributed by atoms with Crippen LogP contribution < -0.4 is 5.32 Å². The Hall–Kier alpha value is -1.54. The van der Waals surface area contributed by atoms with E-state index in [9.17, 15) is 0 Å². The lowest BCUT2D eigenvalue weighted by Gasteiger charge is -2.04. The van der Waals surface area contributed by atoms with E-state index in [1.807, 2.05) is 0 Å². The Morgan fingerprint density at radius 1 is 1.25 bits per heavy atom. The standard InChI is InChI=1S/C18H23NO/c1-13-4-3-5-15(10-13)8-9-19-12-16-6-7-18(20-16)17-11-14(17)2/h3-7,10,14,17,19H,8-9,11-12H2,1-2H3. The predicted molar refractivity (Wildman–Crippen MR) is 81.8 cm³/mol. The van der Waals surface area contributed by atoms with Crippen molar-refractivity contribution >= 4 is 0 Å². The van der Waals surface area contributed by atoms with Crippen molar-refractivity contribution < 1.29 is 4.42 Å². The first-order valence-electron chi connectivity index (χ1n) is 7.57. The third-order valence-corrected chi connectivity index (χ3v) is 4.13. The van der Waals surface area contributed by atoms with Crippen LogP contribution in [0.3, 0.4) is 0 Å². The van der Waals surface area contributed by atoms with Crippen molar-refractivity contribution in [3.05, 3.63) is 59.0 Å². The fourth-order valence-electron chi connectivity index (χ4n) is 2.72. The minimum atomic E-state index is 0.677. The molecule has 3 rings (SSSR count). The van der Waals surface area contributed by atoms with E-state index in [0.717, 1.165) is 31.2 Å². The first kappa shape index (κ1) is 13.4. The van der Waals surface area contributed by atoms with Gasteiger partial charge < -0.3 is 9.73 Å². The molecule has 20 heavy (non-hydrogen) atoms. The van der Waals surface area contributed by atoms with Gasteiger partial charge in [0.1, 0.15) is 11.5 Å². The molecule has 1 aromatic carbocycles. The maximum absolute atomic E-state index is 5.89. The average molecular weight is 269 g/mol. The number of aryl methyl sites for hydroxylation is 1. The van der Waals surface area contributed by atoms with Gasteiger partial charge in [0.05, 0.1) is 6.54 Å². The van der Waals surface area contributed by atoms with Crippen LogP contribution in [0.1, 0.15) is 41.9 Å². The highest BCUT2D eigenvalue weighted by Gasteiger charge is 2.36. The van der Waals surface area contributed by atoms with Crippen molar-refractivity contribution in [1.82, 2.24) is 5.32 Å². The Morgan fingerprint density at radius 2 is 2.10 bits per heavy atom. The van der Waals surface area contributed by atoms with Crippen LogP contribution in [-0.4, -0.2) is 6.54 Å². The first-order valence-corrected chi connectivity index (χ1v) is 7.57. The van der Waals surface area contributed by atoms with E-state index in [-0.39, 0.29) is 0 Å². The zero-order valence-corrected chi connectivity index (χ0v) is 12.4. The third-order valence-electron chi connectivity index (χ3n) is 4.13. The van der Waals surface area contributed by atoms with Crippen molar-refractivity contribution in [2.45, 2.75) is 39.2 Å². The van der Waals surface area contributed by atoms with Gasteiger partial charge in [-0.2, -0.15) is 0 Å². The van der Waals surface area contributed by atoms with E-state index in [2.05, 4.69) is 55.6 Å². The molecule has 1 N–H and O–H groups in total. The molecular weight excluding hydrogens is 246 g/mol. The van der Waals surface area contributed by atoms with Gasteiger partial charge in [-0.15, -0.1) is 0 Å². The Balaban J connectivity index is 1.42. The highest BCUT2D eigenvalue weighted by molar-refractivity contribution is 5.22. The summed E-state index contributed by atoms with van der Waals surface area (Å²) in [4.78, 5) is 0. The second-order valence-electron chi connectivity index (χ2n) is 6.04. The molecule has 0 spiro atoms. The van der Waals surface area contributed by atoms with Gasteiger partial charge in [0.2, 0.25) is 0 Å². The van der Waals surface area contributed by atoms with Gasteiger partial charge in [-0.3, -0.25) is 0 Å². The second kappa shape index (κ2) is 5.84. The molecule has 1 aliphatic carbocycles. The maximum atomic E-state index is 5.89. The lowest BCUT2D eigenvalue weighted by molar-refractivity contribution is 0.445. The molecule has 2 heteroatoms. The van der Waals surface area contributed by atoms with Crippen LogP contribution in [0.2, 0.25) is 0 Å². The van der Waals surface area contributed by atoms with Crippen molar-refractivity contribution in [1.29, 1.82) is 0 Å². The van der Waals surface area contributed by atoms with E-state index in [1.165, 1.54) is 23.3 Å². The molecule has 2 unspecified atom stereocenters. The molecule has 1 fully saturated rings. The zero-order valence-electron chi connectivity index (χ0n) is 12.4. The number of furan rings is 1. The summed E-state index contributed by atoms with van der Waals surface area (Å²) < 4.78 is 5.89. The van der Waals surface area contributed by atoms with Crippen LogP contribution in [0.25, 0.3) is 0 Å². The normalized spacial score (nSPS) is 21.1. The Bertz CT molecular complexity index is 572. The maximum Gasteiger partial charge on any atom is 0.117 e. The average Bonchev–Trinajstić information content (AvgIpc) is 2.99. The fraction of sp³-hybridized carbons (Fsp3) is 0.444. The molecule has 2 nitrogen and oxygen atoms in total. The highest BCUT2D eigenvalue weighted by atomic mass is 16.3. The minimum Gasteiger partial charge on any atom is -0.464 e. The summed E-state index contributed by atoms with van der Waals surface area (Å²) >= 11 is 0. The molecule has 106 valence electrons. The highest BCUT2D eigenvalue weighted by Crippen LogP contribution is 2.47. The van der Waals surface area contributed by atoms with E-state index >= 15 is 0 Å². The molecular formula is C18H23NO. The van der Waals surface area contributed by atoms with Crippen LogP contribution in [0.4, 0.5) is 0 Å². The van der Waals surface area contributed by atoms with Gasteiger partial charge >= 0.3 is 0 Å². The van der Waals surface area contributed by atoms with E-state index in [4.69, 9.17) is 4.42 Å². The lowest BCUT2D eigenvalue weighted by atomic mass is 10.1.